The maximum atomic E-state index is 11.7. The summed E-state index contributed by atoms with van der Waals surface area (Å²) in [6, 6.07) is 13.7. The number of unbranched alkanes of at least 4 members (excludes halogenated alkanes) is 1. The Hall–Kier alpha value is -3.30. The Morgan fingerprint density at radius 1 is 1.21 bits per heavy atom. The second-order valence-electron chi connectivity index (χ2n) is 7.88. The molecule has 1 N–H and O–H groups in total. The fraction of sp³-hybridized carbons (Fsp3) is 0.208. The highest BCUT2D eigenvalue weighted by molar-refractivity contribution is 9.10. The summed E-state index contributed by atoms with van der Waals surface area (Å²) in [6.07, 6.45) is 3.54. The number of aromatic nitrogens is 6. The summed E-state index contributed by atoms with van der Waals surface area (Å²) < 4.78 is 8.95. The first-order valence-electron chi connectivity index (χ1n) is 10.8. The van der Waals surface area contributed by atoms with Gasteiger partial charge in [-0.25, -0.2) is 10.1 Å². The van der Waals surface area contributed by atoms with Crippen molar-refractivity contribution in [2.24, 2.45) is 0 Å². The average Bonchev–Trinajstić information content (AvgIpc) is 3.57. The van der Waals surface area contributed by atoms with Crippen molar-refractivity contribution in [3.63, 3.8) is 0 Å². The van der Waals surface area contributed by atoms with Gasteiger partial charge in [0, 0.05) is 29.5 Å². The molecule has 0 fully saturated rings. The standard InChI is InChI=1S/C24H20BrClN6O2/c1-2-3-8-20-27-23(26)18(13-33)32(20)12-14-9-10-19-17(11-14)21(25)22(34-19)15-6-4-5-7-16(15)24-28-30-31-29-24/h4-7,9-11,13H,2-3,8,12H2,1H3,(H,28,29,30,31). The second-order valence-corrected chi connectivity index (χ2v) is 9.03. The smallest absolute Gasteiger partial charge is 0.180 e. The van der Waals surface area contributed by atoms with Gasteiger partial charge >= 0.3 is 0 Å². The van der Waals surface area contributed by atoms with Crippen molar-refractivity contribution < 1.29 is 9.21 Å². The lowest BCUT2D eigenvalue weighted by Gasteiger charge is -2.10. The number of fused-ring (bicyclic) bond motifs is 1. The molecule has 34 heavy (non-hydrogen) atoms. The van der Waals surface area contributed by atoms with E-state index in [1.54, 1.807) is 0 Å². The molecule has 5 rings (SSSR count). The van der Waals surface area contributed by atoms with Crippen LogP contribution in [0.5, 0.6) is 0 Å². The van der Waals surface area contributed by atoms with Gasteiger partial charge < -0.3 is 8.98 Å². The molecule has 0 atom stereocenters. The van der Waals surface area contributed by atoms with Gasteiger partial charge in [-0.3, -0.25) is 4.79 Å². The highest BCUT2D eigenvalue weighted by Crippen LogP contribution is 2.41. The monoisotopic (exact) mass is 538 g/mol. The number of hydrogen-bond acceptors (Lipinski definition) is 6. The Morgan fingerprint density at radius 3 is 2.76 bits per heavy atom. The molecule has 0 amide bonds. The topological polar surface area (TPSA) is 102 Å². The van der Waals surface area contributed by atoms with Gasteiger partial charge in [-0.1, -0.05) is 55.3 Å². The predicted octanol–water partition coefficient (Wildman–Crippen LogP) is 6.10. The fourth-order valence-electron chi connectivity index (χ4n) is 4.03. The molecule has 0 radical (unpaired) electrons. The first-order chi connectivity index (χ1) is 16.6. The van der Waals surface area contributed by atoms with E-state index in [9.17, 15) is 4.79 Å². The molecule has 0 spiro atoms. The van der Waals surface area contributed by atoms with Crippen LogP contribution in [-0.4, -0.2) is 36.5 Å². The van der Waals surface area contributed by atoms with Crippen LogP contribution < -0.4 is 0 Å². The van der Waals surface area contributed by atoms with Gasteiger partial charge in [0.1, 0.15) is 22.9 Å². The number of aryl methyl sites for hydroxylation is 1. The Bertz CT molecular complexity index is 1470. The van der Waals surface area contributed by atoms with Crippen molar-refractivity contribution in [2.45, 2.75) is 32.7 Å². The molecular formula is C24H20BrClN6O2. The third-order valence-corrected chi connectivity index (χ3v) is 6.78. The third kappa shape index (κ3) is 4.05. The van der Waals surface area contributed by atoms with Gasteiger partial charge in [0.15, 0.2) is 17.3 Å². The first-order valence-corrected chi connectivity index (χ1v) is 12.0. The van der Waals surface area contributed by atoms with E-state index in [2.05, 4.69) is 54.5 Å². The number of nitrogens with zero attached hydrogens (tertiary/aromatic N) is 5. The largest absolute Gasteiger partial charge is 0.455 e. The lowest BCUT2D eigenvalue weighted by atomic mass is 10.0. The minimum atomic E-state index is 0.243. The summed E-state index contributed by atoms with van der Waals surface area (Å²) in [7, 11) is 0. The number of halogens is 2. The van der Waals surface area contributed by atoms with E-state index in [-0.39, 0.29) is 5.15 Å². The zero-order valence-electron chi connectivity index (χ0n) is 18.3. The number of nitrogens with one attached hydrogen (secondary N) is 1. The molecule has 0 unspecified atom stereocenters. The summed E-state index contributed by atoms with van der Waals surface area (Å²) in [5, 5.41) is 15.4. The van der Waals surface area contributed by atoms with Crippen LogP contribution in [0, 0.1) is 0 Å². The van der Waals surface area contributed by atoms with Crippen LogP contribution in [0.25, 0.3) is 33.7 Å². The average molecular weight is 540 g/mol. The first kappa shape index (κ1) is 22.5. The zero-order valence-corrected chi connectivity index (χ0v) is 20.6. The highest BCUT2D eigenvalue weighted by Gasteiger charge is 2.20. The molecule has 0 aliphatic carbocycles. The van der Waals surface area contributed by atoms with E-state index in [0.29, 0.717) is 23.8 Å². The molecule has 0 saturated heterocycles. The molecule has 3 heterocycles. The van der Waals surface area contributed by atoms with Crippen molar-refractivity contribution in [2.75, 3.05) is 0 Å². The number of hydrogen-bond donors (Lipinski definition) is 1. The van der Waals surface area contributed by atoms with E-state index < -0.39 is 0 Å². The molecule has 0 saturated carbocycles. The molecule has 0 aliphatic heterocycles. The SMILES string of the molecule is CCCCc1nc(Cl)c(C=O)n1Cc1ccc2oc(-c3ccccc3-c3nnn[nH]3)c(Br)c2c1. The lowest BCUT2D eigenvalue weighted by molar-refractivity contribution is 0.111. The van der Waals surface area contributed by atoms with Crippen molar-refractivity contribution in [1.82, 2.24) is 30.2 Å². The quantitative estimate of drug-likeness (QED) is 0.239. The number of imidazole rings is 1. The van der Waals surface area contributed by atoms with Gasteiger partial charge in [-0.15, -0.1) is 5.10 Å². The number of furan rings is 1. The highest BCUT2D eigenvalue weighted by atomic mass is 79.9. The third-order valence-electron chi connectivity index (χ3n) is 5.71. The van der Waals surface area contributed by atoms with Gasteiger partial charge in [-0.2, -0.15) is 0 Å². The summed E-state index contributed by atoms with van der Waals surface area (Å²) in [6.45, 7) is 2.60. The van der Waals surface area contributed by atoms with Crippen LogP contribution in [0.1, 0.15) is 41.6 Å². The van der Waals surface area contributed by atoms with E-state index in [1.807, 2.05) is 41.0 Å². The van der Waals surface area contributed by atoms with Crippen LogP contribution in [0.3, 0.4) is 0 Å². The van der Waals surface area contributed by atoms with Crippen LogP contribution in [0.2, 0.25) is 5.15 Å². The van der Waals surface area contributed by atoms with Gasteiger partial charge in [0.05, 0.1) is 4.47 Å². The molecule has 0 aliphatic rings. The van der Waals surface area contributed by atoms with E-state index in [1.165, 1.54) is 0 Å². The summed E-state index contributed by atoms with van der Waals surface area (Å²) >= 11 is 9.98. The summed E-state index contributed by atoms with van der Waals surface area (Å²) in [5.74, 6) is 2.05. The van der Waals surface area contributed by atoms with Crippen LogP contribution in [0.15, 0.2) is 51.4 Å². The number of rotatable bonds is 8. The molecular weight excluding hydrogens is 520 g/mol. The van der Waals surface area contributed by atoms with Crippen LogP contribution >= 0.6 is 27.5 Å². The van der Waals surface area contributed by atoms with E-state index >= 15 is 0 Å². The number of carbonyl (C=O) groups is 1. The van der Waals surface area contributed by atoms with Crippen molar-refractivity contribution in [1.29, 1.82) is 0 Å². The van der Waals surface area contributed by atoms with Gasteiger partial charge in [0.25, 0.3) is 0 Å². The predicted molar refractivity (Wildman–Crippen MR) is 133 cm³/mol. The minimum absolute atomic E-state index is 0.243. The second kappa shape index (κ2) is 9.52. The minimum Gasteiger partial charge on any atom is -0.455 e. The van der Waals surface area contributed by atoms with E-state index in [0.717, 1.165) is 63.5 Å². The van der Waals surface area contributed by atoms with Crippen molar-refractivity contribution in [3.8, 4) is 22.7 Å². The molecule has 5 aromatic rings. The maximum Gasteiger partial charge on any atom is 0.180 e. The summed E-state index contributed by atoms with van der Waals surface area (Å²) in [4.78, 5) is 16.1. The van der Waals surface area contributed by atoms with Gasteiger partial charge in [0.2, 0.25) is 0 Å². The number of tetrazole rings is 1. The summed E-state index contributed by atoms with van der Waals surface area (Å²) in [5.41, 5.74) is 3.83. The van der Waals surface area contributed by atoms with Crippen LogP contribution in [0.4, 0.5) is 0 Å². The molecule has 8 nitrogen and oxygen atoms in total. The van der Waals surface area contributed by atoms with Crippen molar-refractivity contribution in [3.05, 3.63) is 69.2 Å². The Balaban J connectivity index is 1.55. The molecule has 10 heteroatoms. The number of aldehydes is 1. The normalized spacial score (nSPS) is 11.4. The number of H-pyrrole nitrogens is 1. The number of carbonyl (C=O) groups excluding carboxylic acids is 1. The van der Waals surface area contributed by atoms with Crippen molar-refractivity contribution >= 4 is 44.8 Å². The maximum absolute atomic E-state index is 11.7. The molecule has 2 aromatic carbocycles. The number of benzene rings is 2. The van der Waals surface area contributed by atoms with E-state index in [4.69, 9.17) is 16.0 Å². The number of aromatic amines is 1. The van der Waals surface area contributed by atoms with Crippen LogP contribution in [-0.2, 0) is 13.0 Å². The lowest BCUT2D eigenvalue weighted by Crippen LogP contribution is -2.08. The molecule has 172 valence electrons. The molecule has 3 aromatic heterocycles. The Labute approximate surface area is 208 Å². The molecule has 0 bridgehead atoms. The fourth-order valence-corrected chi connectivity index (χ4v) is 4.87. The van der Waals surface area contributed by atoms with Gasteiger partial charge in [-0.05, 0) is 50.5 Å². The Morgan fingerprint density at radius 2 is 2.03 bits per heavy atom. The zero-order chi connectivity index (χ0) is 23.7. The Kier molecular flexibility index (Phi) is 6.30.